The monoisotopic (exact) mass is 229 g/mol. The van der Waals surface area contributed by atoms with Gasteiger partial charge in [0.2, 0.25) is 0 Å². The lowest BCUT2D eigenvalue weighted by atomic mass is 10.3. The smallest absolute Gasteiger partial charge is 0.328 e. The van der Waals surface area contributed by atoms with Gasteiger partial charge in [0.15, 0.2) is 0 Å². The Balaban J connectivity index is 2.73. The number of hydrogen-bond donors (Lipinski definition) is 2. The van der Waals surface area contributed by atoms with Crippen molar-refractivity contribution in [3.05, 3.63) is 34.7 Å². The van der Waals surface area contributed by atoms with E-state index < -0.39 is 5.97 Å². The highest BCUT2D eigenvalue weighted by Crippen LogP contribution is 2.28. The van der Waals surface area contributed by atoms with Crippen molar-refractivity contribution in [2.45, 2.75) is 4.90 Å². The van der Waals surface area contributed by atoms with Crippen LogP contribution in [0.2, 0.25) is 5.02 Å². The van der Waals surface area contributed by atoms with Crippen molar-refractivity contribution in [3.8, 4) is 0 Å². The molecule has 74 valence electrons. The fourth-order valence-corrected chi connectivity index (χ4v) is 1.65. The maximum atomic E-state index is 10.2. The molecule has 3 N–H and O–H groups in total. The summed E-state index contributed by atoms with van der Waals surface area (Å²) in [4.78, 5) is 11.0. The van der Waals surface area contributed by atoms with Crippen molar-refractivity contribution in [1.82, 2.24) is 0 Å². The molecular weight excluding hydrogens is 222 g/mol. The van der Waals surface area contributed by atoms with E-state index in [1.165, 1.54) is 17.2 Å². The number of carboxylic acid groups (broad SMARTS) is 1. The standard InChI is InChI=1S/C9H8ClNO2S/c10-6-1-2-8(7(11)5-6)14-4-3-9(12)13/h1-5H,11H2,(H,12,13)/b4-3+. The zero-order chi connectivity index (χ0) is 10.6. The van der Waals surface area contributed by atoms with Crippen molar-refractivity contribution >= 4 is 35.0 Å². The fourth-order valence-electron chi connectivity index (χ4n) is 0.792. The molecule has 0 unspecified atom stereocenters. The molecule has 1 aromatic rings. The third-order valence-corrected chi connectivity index (χ3v) is 2.51. The molecule has 0 saturated carbocycles. The largest absolute Gasteiger partial charge is 0.478 e. The van der Waals surface area contributed by atoms with Crippen LogP contribution in [0.4, 0.5) is 5.69 Å². The number of carboxylic acids is 1. The minimum atomic E-state index is -0.981. The molecule has 0 aliphatic carbocycles. The molecule has 0 aromatic heterocycles. The van der Waals surface area contributed by atoms with Crippen LogP contribution in [-0.4, -0.2) is 11.1 Å². The van der Waals surface area contributed by atoms with E-state index in [2.05, 4.69) is 0 Å². The molecule has 1 rings (SSSR count). The first-order chi connectivity index (χ1) is 6.59. The van der Waals surface area contributed by atoms with Gasteiger partial charge >= 0.3 is 5.97 Å². The molecule has 0 heterocycles. The first-order valence-electron chi connectivity index (χ1n) is 3.71. The Hall–Kier alpha value is -1.13. The Kier molecular flexibility index (Phi) is 3.85. The Morgan fingerprint density at radius 3 is 2.86 bits per heavy atom. The highest BCUT2D eigenvalue weighted by atomic mass is 35.5. The molecule has 0 amide bonds. The molecule has 1 aromatic carbocycles. The lowest BCUT2D eigenvalue weighted by Gasteiger charge is -2.01. The summed E-state index contributed by atoms with van der Waals surface area (Å²) in [5, 5.41) is 10.4. The van der Waals surface area contributed by atoms with Crippen LogP contribution in [0.1, 0.15) is 0 Å². The van der Waals surface area contributed by atoms with Gasteiger partial charge in [-0.05, 0) is 23.6 Å². The highest BCUT2D eigenvalue weighted by molar-refractivity contribution is 8.02. The van der Waals surface area contributed by atoms with Crippen LogP contribution in [0.25, 0.3) is 0 Å². The van der Waals surface area contributed by atoms with Gasteiger partial charge < -0.3 is 10.8 Å². The summed E-state index contributed by atoms with van der Waals surface area (Å²) in [6, 6.07) is 5.07. The first-order valence-corrected chi connectivity index (χ1v) is 4.96. The van der Waals surface area contributed by atoms with Gasteiger partial charge in [-0.15, -0.1) is 0 Å². The predicted molar refractivity (Wildman–Crippen MR) is 58.5 cm³/mol. The lowest BCUT2D eigenvalue weighted by molar-refractivity contribution is -0.131. The Bertz CT molecular complexity index is 379. The van der Waals surface area contributed by atoms with E-state index in [0.717, 1.165) is 11.0 Å². The molecule has 5 heteroatoms. The lowest BCUT2D eigenvalue weighted by Crippen LogP contribution is -1.87. The number of hydrogen-bond acceptors (Lipinski definition) is 3. The number of nitrogens with two attached hydrogens (primary N) is 1. The summed E-state index contributed by atoms with van der Waals surface area (Å²) in [5.41, 5.74) is 6.19. The molecule has 0 radical (unpaired) electrons. The summed E-state index contributed by atoms with van der Waals surface area (Å²) >= 11 is 6.94. The van der Waals surface area contributed by atoms with Crippen molar-refractivity contribution in [2.24, 2.45) is 0 Å². The topological polar surface area (TPSA) is 63.3 Å². The molecule has 0 bridgehead atoms. The Labute approximate surface area is 90.6 Å². The first kappa shape index (κ1) is 10.9. The second-order valence-electron chi connectivity index (χ2n) is 2.44. The third kappa shape index (κ3) is 3.32. The van der Waals surface area contributed by atoms with Crippen molar-refractivity contribution in [1.29, 1.82) is 0 Å². The van der Waals surface area contributed by atoms with Gasteiger partial charge in [0, 0.05) is 21.7 Å². The van der Waals surface area contributed by atoms with Crippen LogP contribution in [0.5, 0.6) is 0 Å². The van der Waals surface area contributed by atoms with Crippen molar-refractivity contribution < 1.29 is 9.90 Å². The maximum Gasteiger partial charge on any atom is 0.328 e. The summed E-state index contributed by atoms with van der Waals surface area (Å²) in [5.74, 6) is -0.981. The maximum absolute atomic E-state index is 10.2. The van der Waals surface area contributed by atoms with E-state index in [4.69, 9.17) is 22.4 Å². The van der Waals surface area contributed by atoms with E-state index in [1.54, 1.807) is 18.2 Å². The zero-order valence-electron chi connectivity index (χ0n) is 7.11. The molecule has 14 heavy (non-hydrogen) atoms. The summed E-state index contributed by atoms with van der Waals surface area (Å²) in [6.07, 6.45) is 1.05. The molecule has 0 fully saturated rings. The van der Waals surface area contributed by atoms with Gasteiger partial charge in [-0.3, -0.25) is 0 Å². The van der Waals surface area contributed by atoms with Crippen molar-refractivity contribution in [3.63, 3.8) is 0 Å². The normalized spacial score (nSPS) is 10.6. The van der Waals surface area contributed by atoms with E-state index in [1.807, 2.05) is 0 Å². The molecule has 3 nitrogen and oxygen atoms in total. The van der Waals surface area contributed by atoms with Crippen LogP contribution >= 0.6 is 23.4 Å². The minimum Gasteiger partial charge on any atom is -0.478 e. The van der Waals surface area contributed by atoms with Gasteiger partial charge in [0.25, 0.3) is 0 Å². The van der Waals surface area contributed by atoms with E-state index in [9.17, 15) is 4.79 Å². The van der Waals surface area contributed by atoms with Gasteiger partial charge in [-0.2, -0.15) is 0 Å². The number of aliphatic carboxylic acids is 1. The molecule has 0 aliphatic rings. The minimum absolute atomic E-state index is 0.539. The average Bonchev–Trinajstić information content (AvgIpc) is 2.08. The van der Waals surface area contributed by atoms with E-state index >= 15 is 0 Å². The van der Waals surface area contributed by atoms with Crippen molar-refractivity contribution in [2.75, 3.05) is 5.73 Å². The van der Waals surface area contributed by atoms with E-state index in [-0.39, 0.29) is 0 Å². The second-order valence-corrected chi connectivity index (χ2v) is 3.83. The summed E-state index contributed by atoms with van der Waals surface area (Å²) in [6.45, 7) is 0. The SMILES string of the molecule is Nc1cc(Cl)ccc1S/C=C/C(=O)O. The Morgan fingerprint density at radius 1 is 1.57 bits per heavy atom. The number of thioether (sulfide) groups is 1. The second kappa shape index (κ2) is 4.93. The van der Waals surface area contributed by atoms with Crippen LogP contribution in [0, 0.1) is 0 Å². The molecule has 0 spiro atoms. The number of rotatable bonds is 3. The average molecular weight is 230 g/mol. The molecule has 0 saturated heterocycles. The molecule has 0 atom stereocenters. The van der Waals surface area contributed by atoms with Crippen LogP contribution in [0.3, 0.4) is 0 Å². The number of carbonyl (C=O) groups is 1. The van der Waals surface area contributed by atoms with Crippen LogP contribution in [0.15, 0.2) is 34.6 Å². The number of nitrogen functional groups attached to an aromatic ring is 1. The number of benzene rings is 1. The van der Waals surface area contributed by atoms with Gasteiger partial charge in [0.1, 0.15) is 0 Å². The number of halogens is 1. The van der Waals surface area contributed by atoms with Gasteiger partial charge in [0.05, 0.1) is 0 Å². The highest BCUT2D eigenvalue weighted by Gasteiger charge is 1.98. The molecule has 0 aliphatic heterocycles. The molecular formula is C9H8ClNO2S. The van der Waals surface area contributed by atoms with E-state index in [0.29, 0.717) is 10.7 Å². The fraction of sp³-hybridized carbons (Fsp3) is 0. The van der Waals surface area contributed by atoms with Gasteiger partial charge in [-0.25, -0.2) is 4.79 Å². The van der Waals surface area contributed by atoms with Crippen LogP contribution < -0.4 is 5.73 Å². The van der Waals surface area contributed by atoms with Gasteiger partial charge in [-0.1, -0.05) is 23.4 Å². The quantitative estimate of drug-likeness (QED) is 0.475. The number of anilines is 1. The zero-order valence-corrected chi connectivity index (χ0v) is 8.68. The third-order valence-electron chi connectivity index (χ3n) is 1.38. The Morgan fingerprint density at radius 2 is 2.29 bits per heavy atom. The predicted octanol–water partition coefficient (Wildman–Crippen LogP) is 2.61. The van der Waals surface area contributed by atoms with Crippen LogP contribution in [-0.2, 0) is 4.79 Å². The summed E-state index contributed by atoms with van der Waals surface area (Å²) < 4.78 is 0. The summed E-state index contributed by atoms with van der Waals surface area (Å²) in [7, 11) is 0.